The summed E-state index contributed by atoms with van der Waals surface area (Å²) >= 11 is 0. The predicted molar refractivity (Wildman–Crippen MR) is 258 cm³/mol. The summed E-state index contributed by atoms with van der Waals surface area (Å²) in [6.07, 6.45) is 21.8. The Bertz CT molecular complexity index is 2770. The van der Waals surface area contributed by atoms with Gasteiger partial charge in [0.25, 0.3) is 0 Å². The van der Waals surface area contributed by atoms with E-state index in [0.717, 1.165) is 0 Å². The zero-order valence-electron chi connectivity index (χ0n) is 34.2. The van der Waals surface area contributed by atoms with E-state index >= 15 is 0 Å². The molecule has 0 heterocycles. The summed E-state index contributed by atoms with van der Waals surface area (Å²) in [6, 6.07) is 55.4. The Labute approximate surface area is 344 Å². The summed E-state index contributed by atoms with van der Waals surface area (Å²) in [7, 11) is 0. The second kappa shape index (κ2) is 17.3. The van der Waals surface area contributed by atoms with Gasteiger partial charge in [-0.05, 0) is 184 Å². The van der Waals surface area contributed by atoms with Gasteiger partial charge in [0.05, 0.1) is 0 Å². The molecule has 0 N–H and O–H groups in total. The van der Waals surface area contributed by atoms with Crippen molar-refractivity contribution in [1.29, 1.82) is 0 Å². The second-order valence-electron chi connectivity index (χ2n) is 16.6. The van der Waals surface area contributed by atoms with Crippen molar-refractivity contribution in [3.63, 3.8) is 0 Å². The van der Waals surface area contributed by atoms with Gasteiger partial charge in [0.2, 0.25) is 0 Å². The third-order valence-corrected chi connectivity index (χ3v) is 12.2. The number of fused-ring (bicyclic) bond motifs is 6. The van der Waals surface area contributed by atoms with E-state index in [1.807, 2.05) is 0 Å². The molecule has 0 unspecified atom stereocenters. The molecular weight excluding hydrogens is 697 g/mol. The molecule has 0 bridgehead atoms. The number of rotatable bonds is 14. The molecule has 0 saturated heterocycles. The van der Waals surface area contributed by atoms with Gasteiger partial charge < -0.3 is 0 Å². The minimum absolute atomic E-state index is 1.17. The molecule has 9 aromatic rings. The van der Waals surface area contributed by atoms with Crippen LogP contribution in [0.2, 0.25) is 0 Å². The molecule has 0 saturated carbocycles. The van der Waals surface area contributed by atoms with Gasteiger partial charge in [0.1, 0.15) is 0 Å². The van der Waals surface area contributed by atoms with Crippen LogP contribution in [0, 0.1) is 0 Å². The third kappa shape index (κ3) is 8.63. The molecule has 0 radical (unpaired) electrons. The van der Waals surface area contributed by atoms with Crippen molar-refractivity contribution in [2.75, 3.05) is 0 Å². The molecule has 286 valence electrons. The van der Waals surface area contributed by atoms with E-state index in [-0.39, 0.29) is 0 Å². The molecule has 0 fully saturated rings. The fourth-order valence-corrected chi connectivity index (χ4v) is 8.79. The van der Waals surface area contributed by atoms with E-state index in [2.05, 4.69) is 184 Å². The highest BCUT2D eigenvalue weighted by Gasteiger charge is 2.05. The summed E-state index contributed by atoms with van der Waals surface area (Å²) in [5.74, 6) is 0. The highest BCUT2D eigenvalue weighted by molar-refractivity contribution is 6.02. The lowest BCUT2D eigenvalue weighted by Crippen LogP contribution is -1.87. The molecule has 0 spiro atoms. The lowest BCUT2D eigenvalue weighted by Gasteiger charge is -2.07. The molecule has 0 amide bonds. The molecule has 9 aromatic carbocycles. The lowest BCUT2D eigenvalue weighted by molar-refractivity contribution is 0.667. The number of benzene rings is 9. The first kappa shape index (κ1) is 37.6. The fraction of sp³-hybridized carbons (Fsp3) is 0.207. The van der Waals surface area contributed by atoms with Gasteiger partial charge in [-0.25, -0.2) is 0 Å². The van der Waals surface area contributed by atoms with Crippen LogP contribution in [-0.4, -0.2) is 0 Å². The van der Waals surface area contributed by atoms with Crippen LogP contribution in [0.3, 0.4) is 0 Å². The van der Waals surface area contributed by atoms with E-state index in [9.17, 15) is 0 Å². The Balaban J connectivity index is 0.884. The third-order valence-electron chi connectivity index (χ3n) is 12.2. The standard InChI is InChI=1S/C58H54/c1-3-5-7-9-11-41-17-23-47-37-55-31-43(19-25-49(55)35-53(47)29-41)13-15-45-21-27-51-40-58-34-46(22-28-52(58)39-57(51)33-45)16-14-44-20-26-50-36-54-30-42(12-10-8-6-4-2)18-24-48(54)38-56(50)32-44/h13-40H,3-12H2,1-2H3/b15-13+,16-14+. The minimum Gasteiger partial charge on any atom is -0.0654 e. The smallest absolute Gasteiger partial charge is 0.0172 e. The summed E-state index contributed by atoms with van der Waals surface area (Å²) in [4.78, 5) is 0. The maximum Gasteiger partial charge on any atom is -0.0172 e. The summed E-state index contributed by atoms with van der Waals surface area (Å²) in [5.41, 5.74) is 7.77. The number of aryl methyl sites for hydroxylation is 2. The summed E-state index contributed by atoms with van der Waals surface area (Å²) in [6.45, 7) is 4.55. The Morgan fingerprint density at radius 3 is 0.828 bits per heavy atom. The van der Waals surface area contributed by atoms with Gasteiger partial charge in [-0.1, -0.05) is 162 Å². The molecule has 0 aliphatic rings. The van der Waals surface area contributed by atoms with Crippen LogP contribution in [0.4, 0.5) is 0 Å². The van der Waals surface area contributed by atoms with Crippen molar-refractivity contribution in [2.45, 2.75) is 78.1 Å². The Hall–Kier alpha value is -5.98. The Morgan fingerprint density at radius 2 is 0.534 bits per heavy atom. The van der Waals surface area contributed by atoms with Crippen LogP contribution in [0.5, 0.6) is 0 Å². The molecule has 9 rings (SSSR count). The van der Waals surface area contributed by atoms with Gasteiger partial charge in [-0.3, -0.25) is 0 Å². The minimum atomic E-state index is 1.17. The maximum atomic E-state index is 2.39. The van der Waals surface area contributed by atoms with E-state index in [0.29, 0.717) is 0 Å². The van der Waals surface area contributed by atoms with E-state index in [1.54, 1.807) is 0 Å². The fourth-order valence-electron chi connectivity index (χ4n) is 8.79. The Kier molecular flexibility index (Phi) is 11.2. The molecule has 0 atom stereocenters. The van der Waals surface area contributed by atoms with Crippen molar-refractivity contribution < 1.29 is 0 Å². The largest absolute Gasteiger partial charge is 0.0654 e. The summed E-state index contributed by atoms with van der Waals surface area (Å²) in [5, 5.41) is 15.5. The van der Waals surface area contributed by atoms with Crippen LogP contribution in [-0.2, 0) is 12.8 Å². The molecule has 0 aromatic heterocycles. The molecule has 0 nitrogen and oxygen atoms in total. The first-order chi connectivity index (χ1) is 28.6. The van der Waals surface area contributed by atoms with Crippen molar-refractivity contribution >= 4 is 88.9 Å². The average molecular weight is 751 g/mol. The highest BCUT2D eigenvalue weighted by atomic mass is 14.1. The summed E-state index contributed by atoms with van der Waals surface area (Å²) < 4.78 is 0. The van der Waals surface area contributed by atoms with E-state index < -0.39 is 0 Å². The first-order valence-corrected chi connectivity index (χ1v) is 21.8. The predicted octanol–water partition coefficient (Wildman–Crippen LogP) is 17.2. The van der Waals surface area contributed by atoms with Gasteiger partial charge in [-0.2, -0.15) is 0 Å². The van der Waals surface area contributed by atoms with Crippen LogP contribution < -0.4 is 0 Å². The van der Waals surface area contributed by atoms with Crippen LogP contribution >= 0.6 is 0 Å². The lowest BCUT2D eigenvalue weighted by atomic mass is 9.97. The number of hydrogen-bond acceptors (Lipinski definition) is 0. The zero-order valence-corrected chi connectivity index (χ0v) is 34.2. The van der Waals surface area contributed by atoms with Crippen molar-refractivity contribution in [1.82, 2.24) is 0 Å². The van der Waals surface area contributed by atoms with E-state index in [1.165, 1.54) is 162 Å². The van der Waals surface area contributed by atoms with Crippen LogP contribution in [0.1, 0.15) is 98.6 Å². The van der Waals surface area contributed by atoms with Gasteiger partial charge in [0.15, 0.2) is 0 Å². The number of hydrogen-bond donors (Lipinski definition) is 0. The zero-order chi connectivity index (χ0) is 39.3. The topological polar surface area (TPSA) is 0 Å². The first-order valence-electron chi connectivity index (χ1n) is 21.8. The molecule has 0 heteroatoms. The SMILES string of the molecule is CCCCCCc1ccc2cc3cc(/C=C/c4ccc5cc6cc(/C=C/c7ccc8cc9cc(CCCCCC)ccc9cc8c7)ccc6cc5c4)ccc3cc2c1. The second-order valence-corrected chi connectivity index (χ2v) is 16.6. The normalized spacial score (nSPS) is 12.2. The molecule has 0 aliphatic heterocycles. The van der Waals surface area contributed by atoms with Crippen LogP contribution in [0.15, 0.2) is 146 Å². The molecular formula is C58H54. The van der Waals surface area contributed by atoms with E-state index in [4.69, 9.17) is 0 Å². The van der Waals surface area contributed by atoms with Crippen molar-refractivity contribution in [3.05, 3.63) is 179 Å². The molecule has 0 aliphatic carbocycles. The monoisotopic (exact) mass is 750 g/mol. The maximum absolute atomic E-state index is 2.39. The van der Waals surface area contributed by atoms with Crippen molar-refractivity contribution in [3.8, 4) is 0 Å². The van der Waals surface area contributed by atoms with Gasteiger partial charge in [-0.15, -0.1) is 0 Å². The van der Waals surface area contributed by atoms with Gasteiger partial charge >= 0.3 is 0 Å². The quantitative estimate of drug-likeness (QED) is 0.0590. The number of unbranched alkanes of at least 4 members (excludes halogenated alkanes) is 6. The average Bonchev–Trinajstić information content (AvgIpc) is 3.25. The van der Waals surface area contributed by atoms with Crippen molar-refractivity contribution in [2.24, 2.45) is 0 Å². The van der Waals surface area contributed by atoms with Gasteiger partial charge in [0, 0.05) is 0 Å². The van der Waals surface area contributed by atoms with Crippen LogP contribution in [0.25, 0.3) is 88.9 Å². The highest BCUT2D eigenvalue weighted by Crippen LogP contribution is 2.30. The molecule has 58 heavy (non-hydrogen) atoms. The Morgan fingerprint density at radius 1 is 0.259 bits per heavy atom.